The number of nitrogens with zero attached hydrogens (tertiary/aromatic N) is 1. The summed E-state index contributed by atoms with van der Waals surface area (Å²) < 4.78 is 6.67. The predicted octanol–water partition coefficient (Wildman–Crippen LogP) is 4.61. The van der Waals surface area contributed by atoms with E-state index in [0.717, 1.165) is 21.6 Å². The minimum Gasteiger partial charge on any atom is -0.445 e. The fourth-order valence-electron chi connectivity index (χ4n) is 1.98. The molecule has 118 valence electrons. The molecule has 22 heavy (non-hydrogen) atoms. The number of oxazole rings is 1. The van der Waals surface area contributed by atoms with Crippen molar-refractivity contribution in [2.24, 2.45) is 0 Å². The van der Waals surface area contributed by atoms with Crippen LogP contribution in [0.4, 0.5) is 5.69 Å². The number of aromatic nitrogens is 1. The van der Waals surface area contributed by atoms with E-state index in [1.807, 2.05) is 31.2 Å². The zero-order chi connectivity index (χ0) is 16.3. The van der Waals surface area contributed by atoms with Crippen LogP contribution >= 0.6 is 15.9 Å². The number of anilines is 1. The van der Waals surface area contributed by atoms with Crippen LogP contribution in [0.15, 0.2) is 33.2 Å². The summed E-state index contributed by atoms with van der Waals surface area (Å²) in [7, 11) is 0. The summed E-state index contributed by atoms with van der Waals surface area (Å²) in [5, 5.41) is 2.89. The van der Waals surface area contributed by atoms with Gasteiger partial charge in [0.1, 0.15) is 5.76 Å². The van der Waals surface area contributed by atoms with E-state index < -0.39 is 0 Å². The number of hydrogen-bond donors (Lipinski definition) is 1. The van der Waals surface area contributed by atoms with Crippen molar-refractivity contribution in [1.29, 1.82) is 0 Å². The monoisotopic (exact) mass is 364 g/mol. The Hall–Kier alpha value is -1.62. The lowest BCUT2D eigenvalue weighted by atomic mass is 9.97. The van der Waals surface area contributed by atoms with E-state index in [0.29, 0.717) is 18.7 Å². The van der Waals surface area contributed by atoms with Crippen molar-refractivity contribution in [2.45, 2.75) is 46.0 Å². The van der Waals surface area contributed by atoms with Gasteiger partial charge in [-0.2, -0.15) is 0 Å². The van der Waals surface area contributed by atoms with Crippen LogP contribution < -0.4 is 5.32 Å². The van der Waals surface area contributed by atoms with Crippen LogP contribution in [0.2, 0.25) is 0 Å². The van der Waals surface area contributed by atoms with Gasteiger partial charge in [-0.1, -0.05) is 32.9 Å². The van der Waals surface area contributed by atoms with Gasteiger partial charge < -0.3 is 9.73 Å². The van der Waals surface area contributed by atoms with Gasteiger partial charge in [0, 0.05) is 22.7 Å². The number of rotatable bonds is 4. The molecule has 2 aromatic rings. The highest BCUT2D eigenvalue weighted by Crippen LogP contribution is 2.25. The molecule has 1 aromatic carbocycles. The number of carbonyl (C=O) groups excluding carboxylic acids is 1. The van der Waals surface area contributed by atoms with Crippen LogP contribution in [-0.4, -0.2) is 10.9 Å². The molecule has 0 atom stereocenters. The molecule has 1 aromatic heterocycles. The molecule has 5 heteroatoms. The van der Waals surface area contributed by atoms with Crippen molar-refractivity contribution in [3.05, 3.63) is 46.1 Å². The maximum atomic E-state index is 12.1. The normalized spacial score (nSPS) is 11.5. The Morgan fingerprint density at radius 2 is 2.00 bits per heavy atom. The highest BCUT2D eigenvalue weighted by Gasteiger charge is 2.22. The van der Waals surface area contributed by atoms with Gasteiger partial charge >= 0.3 is 0 Å². The largest absolute Gasteiger partial charge is 0.445 e. The molecule has 0 radical (unpaired) electrons. The summed E-state index contributed by atoms with van der Waals surface area (Å²) in [6.45, 7) is 8.09. The molecule has 0 aliphatic carbocycles. The van der Waals surface area contributed by atoms with E-state index in [2.05, 4.69) is 47.0 Å². The SMILES string of the molecule is Cc1nc(C(C)(C)C)oc1CCC(=O)Nc1ccccc1Br. The zero-order valence-corrected chi connectivity index (χ0v) is 15.0. The second-order valence-electron chi connectivity index (χ2n) is 6.31. The highest BCUT2D eigenvalue weighted by atomic mass is 79.9. The molecule has 0 saturated heterocycles. The summed E-state index contributed by atoms with van der Waals surface area (Å²) in [4.78, 5) is 16.5. The van der Waals surface area contributed by atoms with Gasteiger partial charge in [-0.05, 0) is 35.0 Å². The third kappa shape index (κ3) is 4.19. The molecular formula is C17H21BrN2O2. The minimum absolute atomic E-state index is 0.0417. The van der Waals surface area contributed by atoms with E-state index >= 15 is 0 Å². The number of aryl methyl sites for hydroxylation is 2. The van der Waals surface area contributed by atoms with Crippen LogP contribution in [0.25, 0.3) is 0 Å². The standard InChI is InChI=1S/C17H21BrN2O2/c1-11-14(22-16(19-11)17(2,3)4)9-10-15(21)20-13-8-6-5-7-12(13)18/h5-8H,9-10H2,1-4H3,(H,20,21). The van der Waals surface area contributed by atoms with E-state index in [1.54, 1.807) is 0 Å². The molecule has 1 heterocycles. The lowest BCUT2D eigenvalue weighted by Crippen LogP contribution is -2.12. The van der Waals surface area contributed by atoms with Crippen molar-refractivity contribution in [1.82, 2.24) is 4.98 Å². The highest BCUT2D eigenvalue weighted by molar-refractivity contribution is 9.10. The Labute approximate surface area is 139 Å². The van der Waals surface area contributed by atoms with Gasteiger partial charge in [-0.25, -0.2) is 4.98 Å². The van der Waals surface area contributed by atoms with Crippen molar-refractivity contribution < 1.29 is 9.21 Å². The zero-order valence-electron chi connectivity index (χ0n) is 13.4. The van der Waals surface area contributed by atoms with E-state index in [-0.39, 0.29) is 11.3 Å². The van der Waals surface area contributed by atoms with E-state index in [9.17, 15) is 4.79 Å². The first-order chi connectivity index (χ1) is 10.3. The molecule has 0 unspecified atom stereocenters. The number of halogens is 1. The molecule has 0 saturated carbocycles. The first kappa shape index (κ1) is 16.7. The van der Waals surface area contributed by atoms with Gasteiger partial charge in [0.25, 0.3) is 0 Å². The minimum atomic E-state index is -0.125. The van der Waals surface area contributed by atoms with Crippen LogP contribution in [0.5, 0.6) is 0 Å². The molecule has 0 spiro atoms. The second-order valence-corrected chi connectivity index (χ2v) is 7.16. The maximum Gasteiger partial charge on any atom is 0.224 e. The third-order valence-electron chi connectivity index (χ3n) is 3.26. The summed E-state index contributed by atoms with van der Waals surface area (Å²) in [6.07, 6.45) is 0.909. The Morgan fingerprint density at radius 3 is 2.59 bits per heavy atom. The van der Waals surface area contributed by atoms with Gasteiger partial charge in [-0.3, -0.25) is 4.79 Å². The van der Waals surface area contributed by atoms with Gasteiger partial charge in [0.05, 0.1) is 11.4 Å². The molecular weight excluding hydrogens is 344 g/mol. The molecule has 0 aliphatic heterocycles. The molecule has 2 rings (SSSR count). The summed E-state index contributed by atoms with van der Waals surface area (Å²) in [5.74, 6) is 1.46. The Bertz CT molecular complexity index is 672. The van der Waals surface area contributed by atoms with Crippen molar-refractivity contribution in [2.75, 3.05) is 5.32 Å². The molecule has 0 bridgehead atoms. The smallest absolute Gasteiger partial charge is 0.224 e. The molecule has 1 amide bonds. The quantitative estimate of drug-likeness (QED) is 0.861. The lowest BCUT2D eigenvalue weighted by molar-refractivity contribution is -0.116. The van der Waals surface area contributed by atoms with Crippen LogP contribution in [0.1, 0.15) is 44.5 Å². The van der Waals surface area contributed by atoms with Crippen molar-refractivity contribution >= 4 is 27.5 Å². The van der Waals surface area contributed by atoms with Crippen molar-refractivity contribution in [3.8, 4) is 0 Å². The topological polar surface area (TPSA) is 55.1 Å². The summed E-state index contributed by atoms with van der Waals surface area (Å²) in [5.41, 5.74) is 1.51. The predicted molar refractivity (Wildman–Crippen MR) is 91.0 cm³/mol. The Balaban J connectivity index is 1.97. The number of benzene rings is 1. The second kappa shape index (κ2) is 6.65. The molecule has 0 fully saturated rings. The number of nitrogens with one attached hydrogen (secondary N) is 1. The number of hydrogen-bond acceptors (Lipinski definition) is 3. The number of amides is 1. The maximum absolute atomic E-state index is 12.1. The summed E-state index contributed by atoms with van der Waals surface area (Å²) >= 11 is 3.41. The van der Waals surface area contributed by atoms with Crippen molar-refractivity contribution in [3.63, 3.8) is 0 Å². The third-order valence-corrected chi connectivity index (χ3v) is 3.95. The average Bonchev–Trinajstić information content (AvgIpc) is 2.80. The van der Waals surface area contributed by atoms with Crippen LogP contribution in [0, 0.1) is 6.92 Å². The molecule has 0 aliphatic rings. The number of para-hydroxylation sites is 1. The molecule has 4 nitrogen and oxygen atoms in total. The first-order valence-electron chi connectivity index (χ1n) is 7.28. The van der Waals surface area contributed by atoms with Gasteiger partial charge in [0.2, 0.25) is 5.91 Å². The van der Waals surface area contributed by atoms with Gasteiger partial charge in [0.15, 0.2) is 5.89 Å². The first-order valence-corrected chi connectivity index (χ1v) is 8.08. The van der Waals surface area contributed by atoms with E-state index in [4.69, 9.17) is 4.42 Å². The summed E-state index contributed by atoms with van der Waals surface area (Å²) in [6, 6.07) is 7.55. The fraction of sp³-hybridized carbons (Fsp3) is 0.412. The van der Waals surface area contributed by atoms with Crippen LogP contribution in [-0.2, 0) is 16.6 Å². The Kier molecular flexibility index (Phi) is 5.06. The number of carbonyl (C=O) groups is 1. The van der Waals surface area contributed by atoms with E-state index in [1.165, 1.54) is 0 Å². The average molecular weight is 365 g/mol. The molecule has 1 N–H and O–H groups in total. The van der Waals surface area contributed by atoms with Gasteiger partial charge in [-0.15, -0.1) is 0 Å². The van der Waals surface area contributed by atoms with Crippen LogP contribution in [0.3, 0.4) is 0 Å². The fourth-order valence-corrected chi connectivity index (χ4v) is 2.37. The Morgan fingerprint density at radius 1 is 1.32 bits per heavy atom. The lowest BCUT2D eigenvalue weighted by Gasteiger charge is -2.12.